The quantitative estimate of drug-likeness (QED) is 0.765. The van der Waals surface area contributed by atoms with E-state index in [1.54, 1.807) is 6.07 Å². The maximum absolute atomic E-state index is 11.3. The normalized spacial score (nSPS) is 23.9. The molecule has 0 bridgehead atoms. The highest BCUT2D eigenvalue weighted by Crippen LogP contribution is 2.38. The first-order valence-corrected chi connectivity index (χ1v) is 5.94. The summed E-state index contributed by atoms with van der Waals surface area (Å²) in [6.45, 7) is 1.10. The fourth-order valence-electron chi connectivity index (χ4n) is 2.15. The van der Waals surface area contributed by atoms with Crippen molar-refractivity contribution in [2.45, 2.75) is 5.92 Å². The van der Waals surface area contributed by atoms with Gasteiger partial charge in [-0.2, -0.15) is 0 Å². The van der Waals surface area contributed by atoms with Gasteiger partial charge in [0.05, 0.1) is 16.0 Å². The number of halogens is 2. The van der Waals surface area contributed by atoms with Crippen LogP contribution in [-0.2, 0) is 4.79 Å². The Morgan fingerprint density at radius 1 is 1.35 bits per heavy atom. The highest BCUT2D eigenvalue weighted by Gasteiger charge is 2.34. The molecule has 1 aliphatic rings. The second kappa shape index (κ2) is 4.72. The van der Waals surface area contributed by atoms with Gasteiger partial charge in [0, 0.05) is 30.6 Å². The number of amides is 1. The fraction of sp³-hybridized carbons (Fsp3) is 0.364. The van der Waals surface area contributed by atoms with Crippen LogP contribution in [0.15, 0.2) is 12.1 Å². The molecule has 1 aromatic carbocycles. The van der Waals surface area contributed by atoms with Crippen LogP contribution in [0.2, 0.25) is 10.0 Å². The number of phenolic OH excluding ortho intramolecular Hbond substituents is 1. The Morgan fingerprint density at radius 3 is 2.65 bits per heavy atom. The molecular formula is C11H12Cl2N2O2. The topological polar surface area (TPSA) is 75.4 Å². The molecule has 1 aromatic rings. The fourth-order valence-corrected chi connectivity index (χ4v) is 2.48. The van der Waals surface area contributed by atoms with Crippen molar-refractivity contribution in [3.8, 4) is 5.75 Å². The van der Waals surface area contributed by atoms with E-state index in [2.05, 4.69) is 5.32 Å². The number of carbonyl (C=O) groups is 1. The highest BCUT2D eigenvalue weighted by molar-refractivity contribution is 6.42. The van der Waals surface area contributed by atoms with E-state index in [1.165, 1.54) is 6.07 Å². The predicted octanol–water partition coefficient (Wildman–Crippen LogP) is 1.49. The first-order valence-electron chi connectivity index (χ1n) is 5.18. The molecule has 0 aromatic heterocycles. The average molecular weight is 275 g/mol. The van der Waals surface area contributed by atoms with Gasteiger partial charge in [-0.05, 0) is 6.07 Å². The molecule has 17 heavy (non-hydrogen) atoms. The van der Waals surface area contributed by atoms with Crippen molar-refractivity contribution in [1.82, 2.24) is 5.32 Å². The van der Waals surface area contributed by atoms with Crippen molar-refractivity contribution < 1.29 is 9.90 Å². The van der Waals surface area contributed by atoms with Gasteiger partial charge in [0.1, 0.15) is 5.75 Å². The number of phenols is 1. The van der Waals surface area contributed by atoms with E-state index in [9.17, 15) is 9.90 Å². The summed E-state index contributed by atoms with van der Waals surface area (Å²) in [5.41, 5.74) is 5.93. The van der Waals surface area contributed by atoms with Crippen LogP contribution in [0, 0.1) is 5.92 Å². The van der Waals surface area contributed by atoms with Crippen LogP contribution in [0.4, 0.5) is 0 Å². The van der Waals surface area contributed by atoms with Crippen molar-refractivity contribution in [2.24, 2.45) is 11.7 Å². The summed E-state index contributed by atoms with van der Waals surface area (Å²) in [5, 5.41) is 13.6. The zero-order chi connectivity index (χ0) is 12.6. The number of hydrogen-bond donors (Lipinski definition) is 3. The Labute approximate surface area is 109 Å². The molecule has 0 aliphatic carbocycles. The van der Waals surface area contributed by atoms with Crippen LogP contribution in [-0.4, -0.2) is 24.1 Å². The molecule has 92 valence electrons. The van der Waals surface area contributed by atoms with Gasteiger partial charge < -0.3 is 16.2 Å². The summed E-state index contributed by atoms with van der Waals surface area (Å²) in [4.78, 5) is 11.3. The molecule has 0 spiro atoms. The van der Waals surface area contributed by atoms with Crippen LogP contribution < -0.4 is 11.1 Å². The van der Waals surface area contributed by atoms with Gasteiger partial charge in [-0.25, -0.2) is 0 Å². The van der Waals surface area contributed by atoms with Crippen LogP contribution in [0.5, 0.6) is 5.75 Å². The Morgan fingerprint density at radius 2 is 2.00 bits per heavy atom. The molecule has 1 saturated heterocycles. The van der Waals surface area contributed by atoms with E-state index >= 15 is 0 Å². The lowest BCUT2D eigenvalue weighted by molar-refractivity contribution is -0.121. The van der Waals surface area contributed by atoms with E-state index < -0.39 is 0 Å². The Hall–Kier alpha value is -0.970. The Kier molecular flexibility index (Phi) is 3.47. The number of primary amides is 1. The van der Waals surface area contributed by atoms with Crippen LogP contribution in [0.25, 0.3) is 0 Å². The second-order valence-corrected chi connectivity index (χ2v) is 4.91. The number of nitrogens with two attached hydrogens (primary N) is 1. The van der Waals surface area contributed by atoms with Gasteiger partial charge in [0.25, 0.3) is 0 Å². The maximum Gasteiger partial charge on any atom is 0.222 e. The highest BCUT2D eigenvalue weighted by atomic mass is 35.5. The summed E-state index contributed by atoms with van der Waals surface area (Å²) in [7, 11) is 0. The van der Waals surface area contributed by atoms with Gasteiger partial charge in [0.2, 0.25) is 5.91 Å². The summed E-state index contributed by atoms with van der Waals surface area (Å²) in [6.07, 6.45) is 0. The molecule has 1 heterocycles. The molecule has 0 unspecified atom stereocenters. The lowest BCUT2D eigenvalue weighted by Gasteiger charge is -2.17. The van der Waals surface area contributed by atoms with Crippen molar-refractivity contribution in [2.75, 3.05) is 13.1 Å². The summed E-state index contributed by atoms with van der Waals surface area (Å²) in [6, 6.07) is 2.97. The molecule has 0 radical (unpaired) electrons. The summed E-state index contributed by atoms with van der Waals surface area (Å²) in [5.74, 6) is -0.842. The number of aromatic hydroxyl groups is 1. The van der Waals surface area contributed by atoms with Crippen molar-refractivity contribution in [3.05, 3.63) is 27.7 Å². The third-order valence-electron chi connectivity index (χ3n) is 3.05. The first kappa shape index (κ1) is 12.5. The van der Waals surface area contributed by atoms with Gasteiger partial charge in [-0.15, -0.1) is 0 Å². The van der Waals surface area contributed by atoms with Gasteiger partial charge in [-0.1, -0.05) is 23.2 Å². The van der Waals surface area contributed by atoms with E-state index in [4.69, 9.17) is 28.9 Å². The van der Waals surface area contributed by atoms with Crippen LogP contribution in [0.3, 0.4) is 0 Å². The number of benzene rings is 1. The monoisotopic (exact) mass is 274 g/mol. The standard InChI is InChI=1S/C11H12Cl2N2O2/c12-8-1-5(10(16)2-9(8)13)6-3-15-4-7(6)11(14)17/h1-2,6-7,15-16H,3-4H2,(H2,14,17)/t6-,7-/m0/s1. The molecule has 1 aliphatic heterocycles. The Bertz CT molecular complexity index is 465. The van der Waals surface area contributed by atoms with Crippen LogP contribution in [0.1, 0.15) is 11.5 Å². The smallest absolute Gasteiger partial charge is 0.222 e. The summed E-state index contributed by atoms with van der Waals surface area (Å²) >= 11 is 11.7. The van der Waals surface area contributed by atoms with Crippen molar-refractivity contribution in [1.29, 1.82) is 0 Å². The molecule has 6 heteroatoms. The number of carbonyl (C=O) groups excluding carboxylic acids is 1. The Balaban J connectivity index is 2.40. The van der Waals surface area contributed by atoms with Gasteiger partial charge >= 0.3 is 0 Å². The third-order valence-corrected chi connectivity index (χ3v) is 3.77. The van der Waals surface area contributed by atoms with Crippen molar-refractivity contribution in [3.63, 3.8) is 0 Å². The third kappa shape index (κ3) is 2.34. The minimum absolute atomic E-state index is 0.0411. The minimum atomic E-state index is -0.384. The van der Waals surface area contributed by atoms with Gasteiger partial charge in [-0.3, -0.25) is 4.79 Å². The van der Waals surface area contributed by atoms with E-state index in [0.29, 0.717) is 23.7 Å². The van der Waals surface area contributed by atoms with Gasteiger partial charge in [0.15, 0.2) is 0 Å². The largest absolute Gasteiger partial charge is 0.508 e. The van der Waals surface area contributed by atoms with Crippen LogP contribution >= 0.6 is 23.2 Å². The minimum Gasteiger partial charge on any atom is -0.508 e. The molecule has 4 N–H and O–H groups in total. The molecule has 4 nitrogen and oxygen atoms in total. The zero-order valence-corrected chi connectivity index (χ0v) is 10.4. The average Bonchev–Trinajstić information content (AvgIpc) is 2.72. The van der Waals surface area contributed by atoms with E-state index in [0.717, 1.165) is 0 Å². The van der Waals surface area contributed by atoms with E-state index in [1.807, 2.05) is 0 Å². The van der Waals surface area contributed by atoms with Crippen molar-refractivity contribution >= 4 is 29.1 Å². The lowest BCUT2D eigenvalue weighted by atomic mass is 9.88. The molecule has 2 rings (SSSR count). The molecule has 2 atom stereocenters. The molecular weight excluding hydrogens is 263 g/mol. The number of rotatable bonds is 2. The predicted molar refractivity (Wildman–Crippen MR) is 66.4 cm³/mol. The maximum atomic E-state index is 11.3. The molecule has 0 saturated carbocycles. The zero-order valence-electron chi connectivity index (χ0n) is 8.91. The molecule has 1 amide bonds. The lowest BCUT2D eigenvalue weighted by Crippen LogP contribution is -2.28. The number of hydrogen-bond acceptors (Lipinski definition) is 3. The first-order chi connectivity index (χ1) is 8.00. The van der Waals surface area contributed by atoms with E-state index in [-0.39, 0.29) is 28.5 Å². The SMILES string of the molecule is NC(=O)[C@H]1CNC[C@H]1c1cc(Cl)c(Cl)cc1O. The number of nitrogens with one attached hydrogen (secondary N) is 1. The summed E-state index contributed by atoms with van der Waals surface area (Å²) < 4.78 is 0. The molecule has 1 fully saturated rings. The second-order valence-electron chi connectivity index (χ2n) is 4.10.